The van der Waals surface area contributed by atoms with Crippen LogP contribution >= 0.6 is 0 Å². The maximum absolute atomic E-state index is 13.3. The van der Waals surface area contributed by atoms with Crippen molar-refractivity contribution in [3.63, 3.8) is 0 Å². The molecule has 23 heavy (non-hydrogen) atoms. The van der Waals surface area contributed by atoms with Crippen LogP contribution in [0.2, 0.25) is 0 Å². The first-order valence-corrected chi connectivity index (χ1v) is 8.90. The fourth-order valence-corrected chi connectivity index (χ4v) is 4.23. The van der Waals surface area contributed by atoms with Crippen molar-refractivity contribution in [2.24, 2.45) is 23.5 Å². The van der Waals surface area contributed by atoms with E-state index in [1.54, 1.807) is 12.1 Å². The Bertz CT molecular complexity index is 540. The summed E-state index contributed by atoms with van der Waals surface area (Å²) in [6.07, 6.45) is 6.18. The lowest BCUT2D eigenvalue weighted by atomic mass is 9.88. The van der Waals surface area contributed by atoms with Gasteiger partial charge in [0.25, 0.3) is 0 Å². The quantitative estimate of drug-likeness (QED) is 0.927. The van der Waals surface area contributed by atoms with Gasteiger partial charge in [-0.15, -0.1) is 0 Å². The van der Waals surface area contributed by atoms with E-state index in [1.807, 2.05) is 11.0 Å². The highest BCUT2D eigenvalue weighted by Gasteiger charge is 2.35. The molecule has 1 aliphatic carbocycles. The molecule has 3 nitrogen and oxygen atoms in total. The zero-order chi connectivity index (χ0) is 16.2. The molecule has 0 radical (unpaired) electrons. The van der Waals surface area contributed by atoms with E-state index in [2.05, 4.69) is 0 Å². The van der Waals surface area contributed by atoms with E-state index < -0.39 is 0 Å². The molecular formula is C19H27FN2O. The molecule has 2 N–H and O–H groups in total. The molecule has 4 heteroatoms. The molecule has 2 atom stereocenters. The third-order valence-electron chi connectivity index (χ3n) is 5.62. The first-order chi connectivity index (χ1) is 11.2. The number of nitrogens with zero attached hydrogens (tertiary/aromatic N) is 1. The second-order valence-electron chi connectivity index (χ2n) is 7.14. The Morgan fingerprint density at radius 1 is 1.22 bits per heavy atom. The molecule has 2 fully saturated rings. The van der Waals surface area contributed by atoms with E-state index in [0.717, 1.165) is 57.2 Å². The summed E-state index contributed by atoms with van der Waals surface area (Å²) in [7, 11) is 0. The summed E-state index contributed by atoms with van der Waals surface area (Å²) in [6, 6.07) is 6.88. The molecule has 0 unspecified atom stereocenters. The summed E-state index contributed by atoms with van der Waals surface area (Å²) in [5.41, 5.74) is 6.87. The number of piperidine rings is 1. The third kappa shape index (κ3) is 3.92. The van der Waals surface area contributed by atoms with E-state index in [0.29, 0.717) is 24.3 Å². The van der Waals surface area contributed by atoms with Gasteiger partial charge < -0.3 is 10.6 Å². The van der Waals surface area contributed by atoms with Gasteiger partial charge in [0, 0.05) is 19.0 Å². The molecule has 0 spiro atoms. The third-order valence-corrected chi connectivity index (χ3v) is 5.62. The largest absolute Gasteiger partial charge is 0.342 e. The predicted molar refractivity (Wildman–Crippen MR) is 89.3 cm³/mol. The monoisotopic (exact) mass is 318 g/mol. The number of halogens is 1. The number of benzene rings is 1. The van der Waals surface area contributed by atoms with Gasteiger partial charge in [0.15, 0.2) is 0 Å². The number of rotatable bonds is 4. The number of hydrogen-bond donors (Lipinski definition) is 1. The topological polar surface area (TPSA) is 46.3 Å². The van der Waals surface area contributed by atoms with Crippen LogP contribution in [0.15, 0.2) is 24.3 Å². The first kappa shape index (κ1) is 16.4. The van der Waals surface area contributed by atoms with Gasteiger partial charge in [0.2, 0.25) is 5.91 Å². The lowest BCUT2D eigenvalue weighted by molar-refractivity contribution is -0.138. The Morgan fingerprint density at radius 2 is 2.00 bits per heavy atom. The fourth-order valence-electron chi connectivity index (χ4n) is 4.23. The second kappa shape index (κ2) is 7.43. The summed E-state index contributed by atoms with van der Waals surface area (Å²) < 4.78 is 13.3. The van der Waals surface area contributed by atoms with Crippen LogP contribution < -0.4 is 5.73 Å². The van der Waals surface area contributed by atoms with Crippen molar-refractivity contribution in [3.8, 4) is 0 Å². The number of nitrogens with two attached hydrogens (primary N) is 1. The van der Waals surface area contributed by atoms with E-state index >= 15 is 0 Å². The SMILES string of the molecule is NC[C@H]1CCC[C@H]1C(=O)N1CCC(Cc2cccc(F)c2)CC1. The van der Waals surface area contributed by atoms with Crippen LogP contribution in [0.5, 0.6) is 0 Å². The number of amides is 1. The van der Waals surface area contributed by atoms with Crippen LogP contribution in [-0.4, -0.2) is 30.4 Å². The van der Waals surface area contributed by atoms with Crippen LogP contribution in [-0.2, 0) is 11.2 Å². The van der Waals surface area contributed by atoms with Crippen molar-refractivity contribution < 1.29 is 9.18 Å². The molecule has 1 saturated heterocycles. The van der Waals surface area contributed by atoms with Gasteiger partial charge in [-0.2, -0.15) is 0 Å². The number of hydrogen-bond acceptors (Lipinski definition) is 2. The second-order valence-corrected chi connectivity index (χ2v) is 7.14. The van der Waals surface area contributed by atoms with Gasteiger partial charge in [0.05, 0.1) is 0 Å². The maximum atomic E-state index is 13.3. The molecule has 0 bridgehead atoms. The average Bonchev–Trinajstić information content (AvgIpc) is 3.03. The Balaban J connectivity index is 1.51. The van der Waals surface area contributed by atoms with Crippen molar-refractivity contribution in [1.29, 1.82) is 0 Å². The van der Waals surface area contributed by atoms with Gasteiger partial charge in [-0.1, -0.05) is 18.6 Å². The Morgan fingerprint density at radius 3 is 2.70 bits per heavy atom. The molecular weight excluding hydrogens is 291 g/mol. The number of carbonyl (C=O) groups is 1. The molecule has 1 aliphatic heterocycles. The van der Waals surface area contributed by atoms with Gasteiger partial charge in [-0.3, -0.25) is 4.79 Å². The number of likely N-dealkylation sites (tertiary alicyclic amines) is 1. The standard InChI is InChI=1S/C19H27FN2O/c20-17-5-1-3-15(12-17)11-14-7-9-22(10-8-14)19(23)18-6-2-4-16(18)13-21/h1,3,5,12,14,16,18H,2,4,6-11,13,21H2/t16-,18-/m1/s1. The Kier molecular flexibility index (Phi) is 5.31. The lowest BCUT2D eigenvalue weighted by Gasteiger charge is -2.34. The van der Waals surface area contributed by atoms with E-state index in [9.17, 15) is 9.18 Å². The minimum absolute atomic E-state index is 0.153. The summed E-state index contributed by atoms with van der Waals surface area (Å²) in [4.78, 5) is 14.7. The van der Waals surface area contributed by atoms with Crippen molar-refractivity contribution in [1.82, 2.24) is 4.90 Å². The summed E-state index contributed by atoms with van der Waals surface area (Å²) in [5.74, 6) is 1.24. The lowest BCUT2D eigenvalue weighted by Crippen LogP contribution is -2.43. The minimum atomic E-state index is -0.163. The van der Waals surface area contributed by atoms with E-state index in [4.69, 9.17) is 5.73 Å². The van der Waals surface area contributed by atoms with Crippen LogP contribution in [0, 0.1) is 23.6 Å². The highest BCUT2D eigenvalue weighted by atomic mass is 19.1. The summed E-state index contributed by atoms with van der Waals surface area (Å²) in [6.45, 7) is 2.31. The molecule has 1 aromatic rings. The highest BCUT2D eigenvalue weighted by molar-refractivity contribution is 5.79. The van der Waals surface area contributed by atoms with Crippen LogP contribution in [0.1, 0.15) is 37.7 Å². The highest BCUT2D eigenvalue weighted by Crippen LogP contribution is 2.33. The van der Waals surface area contributed by atoms with Crippen molar-refractivity contribution >= 4 is 5.91 Å². The molecule has 1 saturated carbocycles. The zero-order valence-electron chi connectivity index (χ0n) is 13.7. The van der Waals surface area contributed by atoms with E-state index in [-0.39, 0.29) is 11.7 Å². The molecule has 1 aromatic carbocycles. The van der Waals surface area contributed by atoms with Crippen molar-refractivity contribution in [2.75, 3.05) is 19.6 Å². The average molecular weight is 318 g/mol. The Hall–Kier alpha value is -1.42. The number of carbonyl (C=O) groups excluding carboxylic acids is 1. The van der Waals surface area contributed by atoms with Gasteiger partial charge in [-0.25, -0.2) is 4.39 Å². The van der Waals surface area contributed by atoms with Crippen LogP contribution in [0.4, 0.5) is 4.39 Å². The van der Waals surface area contributed by atoms with Crippen molar-refractivity contribution in [3.05, 3.63) is 35.6 Å². The predicted octanol–water partition coefficient (Wildman–Crippen LogP) is 2.98. The first-order valence-electron chi connectivity index (χ1n) is 8.90. The normalized spacial score (nSPS) is 25.7. The van der Waals surface area contributed by atoms with E-state index in [1.165, 1.54) is 6.07 Å². The van der Waals surface area contributed by atoms with Crippen LogP contribution in [0.25, 0.3) is 0 Å². The minimum Gasteiger partial charge on any atom is -0.342 e. The Labute approximate surface area is 138 Å². The van der Waals surface area contributed by atoms with Crippen molar-refractivity contribution in [2.45, 2.75) is 38.5 Å². The summed E-state index contributed by atoms with van der Waals surface area (Å²) >= 11 is 0. The smallest absolute Gasteiger partial charge is 0.226 e. The maximum Gasteiger partial charge on any atom is 0.226 e. The molecule has 126 valence electrons. The molecule has 1 heterocycles. The molecule has 0 aromatic heterocycles. The zero-order valence-corrected chi connectivity index (χ0v) is 13.7. The summed E-state index contributed by atoms with van der Waals surface area (Å²) in [5, 5.41) is 0. The van der Waals surface area contributed by atoms with Gasteiger partial charge in [0.1, 0.15) is 5.82 Å². The molecule has 1 amide bonds. The molecule has 3 rings (SSSR count). The van der Waals surface area contributed by atoms with Crippen LogP contribution in [0.3, 0.4) is 0 Å². The van der Waals surface area contributed by atoms with Gasteiger partial charge >= 0.3 is 0 Å². The fraction of sp³-hybridized carbons (Fsp3) is 0.632. The molecule has 2 aliphatic rings. The van der Waals surface area contributed by atoms with Gasteiger partial charge in [-0.05, 0) is 68.2 Å².